The van der Waals surface area contributed by atoms with Crippen LogP contribution in [0.5, 0.6) is 5.75 Å². The fourth-order valence-corrected chi connectivity index (χ4v) is 4.10. The minimum Gasteiger partial charge on any atom is -0.497 e. The van der Waals surface area contributed by atoms with Crippen molar-refractivity contribution in [2.75, 3.05) is 24.8 Å². The van der Waals surface area contributed by atoms with Crippen LogP contribution in [0.1, 0.15) is 28.7 Å². The number of rotatable bonds is 10. The average Bonchev–Trinajstić information content (AvgIpc) is 3.53. The van der Waals surface area contributed by atoms with Gasteiger partial charge in [0.1, 0.15) is 5.75 Å². The van der Waals surface area contributed by atoms with Crippen molar-refractivity contribution >= 4 is 29.3 Å². The number of nitrogens with zero attached hydrogens (tertiary/aromatic N) is 4. The minimum atomic E-state index is -0.393. The van der Waals surface area contributed by atoms with Gasteiger partial charge >= 0.3 is 5.97 Å². The van der Waals surface area contributed by atoms with Crippen LogP contribution in [0.25, 0.3) is 0 Å². The van der Waals surface area contributed by atoms with E-state index in [0.717, 1.165) is 17.1 Å². The van der Waals surface area contributed by atoms with Gasteiger partial charge in [-0.3, -0.25) is 9.47 Å². The van der Waals surface area contributed by atoms with Crippen LogP contribution in [0.15, 0.2) is 78.2 Å². The molecule has 4 rings (SSSR count). The molecule has 2 aromatic heterocycles. The maximum Gasteiger partial charge on any atom is 0.338 e. The summed E-state index contributed by atoms with van der Waals surface area (Å²) in [5.41, 5.74) is 2.09. The van der Waals surface area contributed by atoms with Gasteiger partial charge in [-0.2, -0.15) is 0 Å². The molecule has 35 heavy (non-hydrogen) atoms. The van der Waals surface area contributed by atoms with Gasteiger partial charge in [0.25, 0.3) is 0 Å². The van der Waals surface area contributed by atoms with Crippen LogP contribution in [0, 0.1) is 0 Å². The maximum atomic E-state index is 12.6. The molecular formula is C25H25N5O4S. The molecule has 0 aliphatic heterocycles. The smallest absolute Gasteiger partial charge is 0.338 e. The van der Waals surface area contributed by atoms with Gasteiger partial charge in [0, 0.05) is 24.5 Å². The SMILES string of the molecule is CCOC(=O)c1ccc(NC(=O)CSc2nnc(Cc3ccc(OC)cc3)n2-n2cccc2)cc1. The van der Waals surface area contributed by atoms with Gasteiger partial charge in [-0.15, -0.1) is 10.2 Å². The first kappa shape index (κ1) is 24.1. The van der Waals surface area contributed by atoms with Crippen LogP contribution in [0.4, 0.5) is 5.69 Å². The Morgan fingerprint density at radius 3 is 2.37 bits per heavy atom. The monoisotopic (exact) mass is 491 g/mol. The largest absolute Gasteiger partial charge is 0.497 e. The quantitative estimate of drug-likeness (QED) is 0.265. The summed E-state index contributed by atoms with van der Waals surface area (Å²) in [7, 11) is 1.63. The van der Waals surface area contributed by atoms with Crippen LogP contribution in [-0.4, -0.2) is 50.9 Å². The zero-order valence-corrected chi connectivity index (χ0v) is 20.2. The molecule has 2 aromatic carbocycles. The Bertz CT molecular complexity index is 1270. The van der Waals surface area contributed by atoms with Crippen LogP contribution in [0.2, 0.25) is 0 Å². The fourth-order valence-electron chi connectivity index (χ4n) is 3.34. The molecule has 2 heterocycles. The van der Waals surface area contributed by atoms with Gasteiger partial charge in [-0.1, -0.05) is 23.9 Å². The highest BCUT2D eigenvalue weighted by molar-refractivity contribution is 7.99. The van der Waals surface area contributed by atoms with E-state index in [-0.39, 0.29) is 11.7 Å². The molecule has 0 aliphatic carbocycles. The minimum absolute atomic E-state index is 0.140. The van der Waals surface area contributed by atoms with E-state index in [9.17, 15) is 9.59 Å². The van der Waals surface area contributed by atoms with E-state index in [1.54, 1.807) is 38.3 Å². The molecule has 10 heteroatoms. The topological polar surface area (TPSA) is 100 Å². The van der Waals surface area contributed by atoms with Crippen molar-refractivity contribution < 1.29 is 19.1 Å². The first-order valence-electron chi connectivity index (χ1n) is 11.0. The number of methoxy groups -OCH3 is 1. The van der Waals surface area contributed by atoms with Crippen molar-refractivity contribution in [3.05, 3.63) is 90.0 Å². The molecule has 0 aliphatic rings. The number of thioether (sulfide) groups is 1. The van der Waals surface area contributed by atoms with Gasteiger partial charge in [0.05, 0.1) is 25.0 Å². The molecule has 0 bridgehead atoms. The summed E-state index contributed by atoms with van der Waals surface area (Å²) in [4.78, 5) is 24.3. The van der Waals surface area contributed by atoms with Crippen LogP contribution >= 0.6 is 11.8 Å². The van der Waals surface area contributed by atoms with E-state index in [1.165, 1.54) is 11.8 Å². The summed E-state index contributed by atoms with van der Waals surface area (Å²) in [6, 6.07) is 18.2. The molecule has 0 atom stereocenters. The van der Waals surface area contributed by atoms with Crippen molar-refractivity contribution in [1.82, 2.24) is 19.5 Å². The Morgan fingerprint density at radius 2 is 1.71 bits per heavy atom. The molecule has 0 spiro atoms. The zero-order valence-electron chi connectivity index (χ0n) is 19.4. The summed E-state index contributed by atoms with van der Waals surface area (Å²) in [5.74, 6) is 1.08. The van der Waals surface area contributed by atoms with Crippen LogP contribution in [0.3, 0.4) is 0 Å². The molecule has 0 saturated heterocycles. The lowest BCUT2D eigenvalue weighted by atomic mass is 10.1. The van der Waals surface area contributed by atoms with E-state index >= 15 is 0 Å². The number of anilines is 1. The lowest BCUT2D eigenvalue weighted by molar-refractivity contribution is -0.113. The summed E-state index contributed by atoms with van der Waals surface area (Å²) >= 11 is 1.29. The Labute approximate surface area is 207 Å². The van der Waals surface area contributed by atoms with Crippen molar-refractivity contribution in [2.24, 2.45) is 0 Å². The number of carbonyl (C=O) groups is 2. The molecule has 0 fully saturated rings. The highest BCUT2D eigenvalue weighted by Crippen LogP contribution is 2.21. The second-order valence-electron chi connectivity index (χ2n) is 7.43. The summed E-state index contributed by atoms with van der Waals surface area (Å²) in [5, 5.41) is 12.1. The second-order valence-corrected chi connectivity index (χ2v) is 8.38. The summed E-state index contributed by atoms with van der Waals surface area (Å²) in [6.45, 7) is 2.06. The average molecular weight is 492 g/mol. The first-order valence-corrected chi connectivity index (χ1v) is 12.0. The molecule has 1 amide bonds. The van der Waals surface area contributed by atoms with E-state index in [4.69, 9.17) is 9.47 Å². The van der Waals surface area contributed by atoms with Gasteiger partial charge in [0.2, 0.25) is 11.1 Å². The zero-order chi connectivity index (χ0) is 24.6. The fraction of sp³-hybridized carbons (Fsp3) is 0.200. The third-order valence-electron chi connectivity index (χ3n) is 5.03. The van der Waals surface area contributed by atoms with E-state index in [2.05, 4.69) is 15.5 Å². The van der Waals surface area contributed by atoms with E-state index in [0.29, 0.717) is 29.4 Å². The maximum absolute atomic E-state index is 12.6. The number of aromatic nitrogens is 4. The van der Waals surface area contributed by atoms with E-state index < -0.39 is 5.97 Å². The molecule has 1 N–H and O–H groups in total. The molecule has 180 valence electrons. The first-order chi connectivity index (χ1) is 17.1. The molecule has 0 radical (unpaired) electrons. The van der Waals surface area contributed by atoms with Gasteiger partial charge < -0.3 is 14.8 Å². The predicted octanol–water partition coefficient (Wildman–Crippen LogP) is 3.90. The number of ether oxygens (including phenoxy) is 2. The normalized spacial score (nSPS) is 10.7. The number of nitrogens with one attached hydrogen (secondary N) is 1. The third kappa shape index (κ3) is 6.10. The van der Waals surface area contributed by atoms with Crippen molar-refractivity contribution in [2.45, 2.75) is 18.5 Å². The number of amides is 1. The number of carbonyl (C=O) groups excluding carboxylic acids is 2. The standard InChI is InChI=1S/C25H25N5O4S/c1-3-34-24(32)19-8-10-20(11-9-19)26-23(31)17-35-25-28-27-22(30(25)29-14-4-5-15-29)16-18-6-12-21(33-2)13-7-18/h4-15H,3,16-17H2,1-2H3,(H,26,31). The Hall–Kier alpha value is -4.05. The highest BCUT2D eigenvalue weighted by atomic mass is 32.2. The molecule has 4 aromatic rings. The number of esters is 1. The molecule has 0 unspecified atom stereocenters. The van der Waals surface area contributed by atoms with Crippen molar-refractivity contribution in [1.29, 1.82) is 0 Å². The summed E-state index contributed by atoms with van der Waals surface area (Å²) in [6.07, 6.45) is 4.36. The van der Waals surface area contributed by atoms with Gasteiger partial charge in [-0.05, 0) is 61.0 Å². The molecule has 9 nitrogen and oxygen atoms in total. The number of benzene rings is 2. The second kappa shape index (κ2) is 11.4. The van der Waals surface area contributed by atoms with Gasteiger partial charge in [0.15, 0.2) is 5.82 Å². The van der Waals surface area contributed by atoms with Gasteiger partial charge in [-0.25, -0.2) is 9.47 Å². The number of hydrogen-bond acceptors (Lipinski definition) is 7. The lowest BCUT2D eigenvalue weighted by Crippen LogP contribution is -2.16. The predicted molar refractivity (Wildman–Crippen MR) is 133 cm³/mol. The van der Waals surface area contributed by atoms with Crippen molar-refractivity contribution in [3.63, 3.8) is 0 Å². The highest BCUT2D eigenvalue weighted by Gasteiger charge is 2.16. The molecule has 0 saturated carbocycles. The molecular weight excluding hydrogens is 466 g/mol. The lowest BCUT2D eigenvalue weighted by Gasteiger charge is -2.11. The summed E-state index contributed by atoms with van der Waals surface area (Å²) < 4.78 is 14.0. The number of hydrogen-bond donors (Lipinski definition) is 1. The van der Waals surface area contributed by atoms with Crippen molar-refractivity contribution in [3.8, 4) is 5.75 Å². The Balaban J connectivity index is 1.43. The third-order valence-corrected chi connectivity index (χ3v) is 5.95. The van der Waals surface area contributed by atoms with Crippen LogP contribution in [-0.2, 0) is 16.0 Å². The Kier molecular flexibility index (Phi) is 7.84. The van der Waals surface area contributed by atoms with Crippen LogP contribution < -0.4 is 10.1 Å². The van der Waals surface area contributed by atoms with E-state index in [1.807, 2.05) is 58.1 Å². The Morgan fingerprint density at radius 1 is 1.00 bits per heavy atom.